The number of rotatable bonds is 18. The Kier molecular flexibility index (Phi) is 13.3. The van der Waals surface area contributed by atoms with E-state index >= 15 is 0 Å². The summed E-state index contributed by atoms with van der Waals surface area (Å²) < 4.78 is 17.6. The highest BCUT2D eigenvalue weighted by Crippen LogP contribution is 2.31. The van der Waals surface area contributed by atoms with E-state index < -0.39 is 0 Å². The van der Waals surface area contributed by atoms with Gasteiger partial charge < -0.3 is 13.9 Å². The highest BCUT2D eigenvalue weighted by Gasteiger charge is 2.11. The Morgan fingerprint density at radius 3 is 2.13 bits per heavy atom. The van der Waals surface area contributed by atoms with Crippen LogP contribution in [0.5, 0.6) is 5.75 Å². The van der Waals surface area contributed by atoms with Gasteiger partial charge in [0.1, 0.15) is 11.3 Å². The van der Waals surface area contributed by atoms with Gasteiger partial charge in [-0.15, -0.1) is 0 Å². The van der Waals surface area contributed by atoms with Crippen LogP contribution >= 0.6 is 12.2 Å². The molecule has 0 radical (unpaired) electrons. The van der Waals surface area contributed by atoms with Gasteiger partial charge in [-0.2, -0.15) is 0 Å². The zero-order valence-corrected chi connectivity index (χ0v) is 24.6. The zero-order valence-electron chi connectivity index (χ0n) is 23.8. The van der Waals surface area contributed by atoms with Gasteiger partial charge >= 0.3 is 5.97 Å². The molecule has 3 rings (SSSR count). The maximum atomic E-state index is 11.0. The fraction of sp³-hybridized carbons (Fsp3) is 0.471. The quantitative estimate of drug-likeness (QED) is 0.0685. The number of esters is 1. The van der Waals surface area contributed by atoms with E-state index in [1.54, 1.807) is 0 Å². The summed E-state index contributed by atoms with van der Waals surface area (Å²) in [5, 5.41) is 1.03. The monoisotopic (exact) mass is 548 g/mol. The van der Waals surface area contributed by atoms with E-state index in [0.717, 1.165) is 59.9 Å². The lowest BCUT2D eigenvalue weighted by Crippen LogP contribution is -2.01. The summed E-state index contributed by atoms with van der Waals surface area (Å²) >= 11 is 5.66. The Bertz CT molecular complexity index is 1260. The maximum absolute atomic E-state index is 11.0. The molecule has 0 aliphatic rings. The lowest BCUT2D eigenvalue weighted by atomic mass is 9.96. The largest absolute Gasteiger partial charge is 0.493 e. The third kappa shape index (κ3) is 9.96. The van der Waals surface area contributed by atoms with Crippen LogP contribution in [0.3, 0.4) is 0 Å². The summed E-state index contributed by atoms with van der Waals surface area (Å²) in [6.45, 7) is 8.98. The normalized spacial score (nSPS) is 11.0. The van der Waals surface area contributed by atoms with Crippen molar-refractivity contribution in [2.75, 3.05) is 13.2 Å². The van der Waals surface area contributed by atoms with E-state index in [2.05, 4.69) is 50.8 Å². The Balaban J connectivity index is 1.35. The molecule has 0 aliphatic carbocycles. The molecule has 0 spiro atoms. The molecular formula is C34H44O4S. The van der Waals surface area contributed by atoms with Crippen molar-refractivity contribution in [3.05, 3.63) is 71.0 Å². The average molecular weight is 549 g/mol. The van der Waals surface area contributed by atoms with Crippen LogP contribution in [-0.2, 0) is 22.4 Å². The van der Waals surface area contributed by atoms with E-state index in [0.29, 0.717) is 17.9 Å². The van der Waals surface area contributed by atoms with Crippen molar-refractivity contribution in [1.82, 2.24) is 0 Å². The van der Waals surface area contributed by atoms with E-state index in [1.807, 2.05) is 12.1 Å². The second-order valence-corrected chi connectivity index (χ2v) is 10.5. The van der Waals surface area contributed by atoms with Crippen molar-refractivity contribution in [1.29, 1.82) is 0 Å². The van der Waals surface area contributed by atoms with Crippen LogP contribution in [0.4, 0.5) is 0 Å². The number of ether oxygens (including phenoxy) is 2. The lowest BCUT2D eigenvalue weighted by molar-refractivity contribution is -0.137. The summed E-state index contributed by atoms with van der Waals surface area (Å²) in [4.78, 5) is 11.0. The first-order valence-corrected chi connectivity index (χ1v) is 15.1. The molecule has 0 amide bonds. The minimum Gasteiger partial charge on any atom is -0.493 e. The van der Waals surface area contributed by atoms with Gasteiger partial charge in [0.2, 0.25) is 0 Å². The van der Waals surface area contributed by atoms with Crippen LogP contribution in [0.15, 0.2) is 59.5 Å². The third-order valence-electron chi connectivity index (χ3n) is 7.17. The second kappa shape index (κ2) is 16.9. The van der Waals surface area contributed by atoms with Crippen LogP contribution in [0.1, 0.15) is 89.2 Å². The van der Waals surface area contributed by atoms with Crippen LogP contribution < -0.4 is 4.74 Å². The minimum absolute atomic E-state index is 0.326. The molecule has 1 heterocycles. The molecule has 0 bridgehead atoms. The Labute approximate surface area is 239 Å². The molecule has 4 nitrogen and oxygen atoms in total. The Hall–Kier alpha value is -2.92. The number of carbonyl (C=O) groups excluding carboxylic acids is 1. The molecule has 0 N–H and O–H groups in total. The lowest BCUT2D eigenvalue weighted by Gasteiger charge is -2.12. The van der Waals surface area contributed by atoms with Gasteiger partial charge in [0.05, 0.1) is 13.2 Å². The molecule has 0 unspecified atom stereocenters. The number of unbranched alkanes of at least 4 members (excludes halogenated alkanes) is 9. The highest BCUT2D eigenvalue weighted by molar-refractivity contribution is 7.71. The topological polar surface area (TPSA) is 48.7 Å². The van der Waals surface area contributed by atoms with Crippen molar-refractivity contribution < 1.29 is 18.7 Å². The average Bonchev–Trinajstić information content (AvgIpc) is 2.96. The predicted octanol–water partition coefficient (Wildman–Crippen LogP) is 9.96. The van der Waals surface area contributed by atoms with Gasteiger partial charge in [-0.3, -0.25) is 0 Å². The van der Waals surface area contributed by atoms with Crippen LogP contribution in [-0.4, -0.2) is 19.2 Å². The molecule has 0 saturated carbocycles. The molecule has 0 atom stereocenters. The van der Waals surface area contributed by atoms with E-state index in [-0.39, 0.29) is 5.97 Å². The zero-order chi connectivity index (χ0) is 27.9. The van der Waals surface area contributed by atoms with Crippen molar-refractivity contribution in [3.63, 3.8) is 0 Å². The summed E-state index contributed by atoms with van der Waals surface area (Å²) in [6.07, 6.45) is 15.0. The van der Waals surface area contributed by atoms with Gasteiger partial charge in [-0.05, 0) is 72.8 Å². The van der Waals surface area contributed by atoms with E-state index in [1.165, 1.54) is 62.1 Å². The molecule has 210 valence electrons. The Morgan fingerprint density at radius 1 is 0.821 bits per heavy atom. The fourth-order valence-corrected chi connectivity index (χ4v) is 5.09. The molecule has 5 heteroatoms. The first-order valence-electron chi connectivity index (χ1n) is 14.7. The maximum Gasteiger partial charge on any atom is 0.330 e. The van der Waals surface area contributed by atoms with Crippen LogP contribution in [0.25, 0.3) is 22.1 Å². The molecule has 0 saturated heterocycles. The van der Waals surface area contributed by atoms with E-state index in [9.17, 15) is 4.79 Å². The van der Waals surface area contributed by atoms with Gasteiger partial charge in [-0.1, -0.05) is 90.0 Å². The molecule has 0 aliphatic heterocycles. The molecule has 3 aromatic rings. The fourth-order valence-electron chi connectivity index (χ4n) is 4.83. The summed E-state index contributed by atoms with van der Waals surface area (Å²) in [6, 6.07) is 14.8. The van der Waals surface area contributed by atoms with Crippen molar-refractivity contribution in [2.24, 2.45) is 0 Å². The number of hydrogen-bond acceptors (Lipinski definition) is 5. The predicted molar refractivity (Wildman–Crippen MR) is 164 cm³/mol. The van der Waals surface area contributed by atoms with Crippen LogP contribution in [0.2, 0.25) is 0 Å². The SMILES string of the molecule is C=CC(=O)OCCCCCCCCCCCCOc1ccc2cc(-c3ccc(CC)cc3CC)c(=S)oc2c1. The number of hydrogen-bond donors (Lipinski definition) is 0. The molecular weight excluding hydrogens is 504 g/mol. The number of aryl methyl sites for hydroxylation is 2. The standard InChI is InChI=1S/C34H44O4S/c1-4-26-17-20-30(27(5-2)23-26)31-24-28-18-19-29(25-32(28)38-34(31)39)36-21-15-13-11-9-7-8-10-12-14-16-22-37-33(35)6-3/h6,17-20,23-25H,3-5,7-16,21-22H2,1-2H3. The number of carbonyl (C=O) groups is 1. The Morgan fingerprint density at radius 2 is 1.49 bits per heavy atom. The molecule has 1 aromatic heterocycles. The van der Waals surface area contributed by atoms with E-state index in [4.69, 9.17) is 26.1 Å². The number of benzene rings is 2. The second-order valence-electron chi connectivity index (χ2n) is 10.1. The number of fused-ring (bicyclic) bond motifs is 1. The highest BCUT2D eigenvalue weighted by atomic mass is 32.1. The van der Waals surface area contributed by atoms with Crippen molar-refractivity contribution >= 4 is 29.2 Å². The van der Waals surface area contributed by atoms with Gasteiger partial charge in [0, 0.05) is 23.1 Å². The molecule has 39 heavy (non-hydrogen) atoms. The summed E-state index contributed by atoms with van der Waals surface area (Å²) in [5.74, 6) is 0.502. The summed E-state index contributed by atoms with van der Waals surface area (Å²) in [7, 11) is 0. The minimum atomic E-state index is -0.326. The molecule has 0 fully saturated rings. The van der Waals surface area contributed by atoms with Crippen molar-refractivity contribution in [2.45, 2.75) is 90.9 Å². The molecule has 2 aromatic carbocycles. The van der Waals surface area contributed by atoms with Gasteiger partial charge in [0.25, 0.3) is 0 Å². The smallest absolute Gasteiger partial charge is 0.330 e. The first kappa shape index (κ1) is 30.6. The first-order chi connectivity index (χ1) is 19.0. The van der Waals surface area contributed by atoms with Crippen LogP contribution in [0, 0.1) is 4.71 Å². The summed E-state index contributed by atoms with van der Waals surface area (Å²) in [5.41, 5.74) is 5.56. The third-order valence-corrected chi connectivity index (χ3v) is 7.48. The van der Waals surface area contributed by atoms with Gasteiger partial charge in [0.15, 0.2) is 4.71 Å². The van der Waals surface area contributed by atoms with Gasteiger partial charge in [-0.25, -0.2) is 4.79 Å². The van der Waals surface area contributed by atoms with Crippen molar-refractivity contribution in [3.8, 4) is 16.9 Å².